The lowest BCUT2D eigenvalue weighted by atomic mass is 9.86. The zero-order valence-electron chi connectivity index (χ0n) is 14.1. The molecule has 128 valence electrons. The van der Waals surface area contributed by atoms with E-state index in [1.807, 2.05) is 24.4 Å². The summed E-state index contributed by atoms with van der Waals surface area (Å²) in [4.78, 5) is 27.2. The number of carbonyl (C=O) groups is 2. The van der Waals surface area contributed by atoms with Gasteiger partial charge in [0, 0.05) is 29.7 Å². The Morgan fingerprint density at radius 3 is 2.79 bits per heavy atom. The first-order valence-electron chi connectivity index (χ1n) is 8.79. The van der Waals surface area contributed by atoms with Gasteiger partial charge in [0.2, 0.25) is 0 Å². The molecule has 0 saturated heterocycles. The largest absolute Gasteiger partial charge is 0.361 e. The van der Waals surface area contributed by atoms with Crippen molar-refractivity contribution >= 4 is 22.7 Å². The number of hydrogen-bond donors (Lipinski definition) is 3. The monoisotopic (exact) mass is 327 g/mol. The summed E-state index contributed by atoms with van der Waals surface area (Å²) in [6, 6.07) is 8.19. The van der Waals surface area contributed by atoms with Gasteiger partial charge in [0.1, 0.15) is 0 Å². The van der Waals surface area contributed by atoms with Gasteiger partial charge in [-0.15, -0.1) is 0 Å². The summed E-state index contributed by atoms with van der Waals surface area (Å²) < 4.78 is 0. The molecule has 24 heavy (non-hydrogen) atoms. The topological polar surface area (TPSA) is 74.0 Å². The molecule has 1 aromatic carbocycles. The molecular weight excluding hydrogens is 302 g/mol. The highest BCUT2D eigenvalue weighted by molar-refractivity contribution is 6.35. The van der Waals surface area contributed by atoms with E-state index in [0.29, 0.717) is 18.9 Å². The summed E-state index contributed by atoms with van der Waals surface area (Å²) in [5.74, 6) is -0.595. The van der Waals surface area contributed by atoms with E-state index in [0.717, 1.165) is 35.7 Å². The third-order valence-corrected chi connectivity index (χ3v) is 4.99. The van der Waals surface area contributed by atoms with E-state index in [9.17, 15) is 9.59 Å². The van der Waals surface area contributed by atoms with Gasteiger partial charge in [0.25, 0.3) is 0 Å². The van der Waals surface area contributed by atoms with Crippen LogP contribution < -0.4 is 10.6 Å². The molecule has 2 unspecified atom stereocenters. The van der Waals surface area contributed by atoms with Crippen LogP contribution in [0.4, 0.5) is 0 Å². The van der Waals surface area contributed by atoms with Gasteiger partial charge in [-0.1, -0.05) is 38.0 Å². The first-order chi connectivity index (χ1) is 11.6. The number of aromatic amines is 1. The van der Waals surface area contributed by atoms with Crippen LogP contribution in [0.1, 0.15) is 38.2 Å². The number of amides is 2. The maximum Gasteiger partial charge on any atom is 0.309 e. The minimum Gasteiger partial charge on any atom is -0.361 e. The summed E-state index contributed by atoms with van der Waals surface area (Å²) in [5.41, 5.74) is 2.23. The van der Waals surface area contributed by atoms with E-state index in [-0.39, 0.29) is 6.04 Å². The smallest absolute Gasteiger partial charge is 0.309 e. The van der Waals surface area contributed by atoms with Crippen LogP contribution in [-0.4, -0.2) is 29.4 Å². The third-order valence-electron chi connectivity index (χ3n) is 4.99. The van der Waals surface area contributed by atoms with Gasteiger partial charge in [-0.3, -0.25) is 9.59 Å². The van der Waals surface area contributed by atoms with Crippen molar-refractivity contribution in [2.75, 3.05) is 6.54 Å². The van der Waals surface area contributed by atoms with E-state index in [1.165, 1.54) is 6.42 Å². The van der Waals surface area contributed by atoms with Crippen molar-refractivity contribution in [1.29, 1.82) is 0 Å². The molecule has 0 bridgehead atoms. The Balaban J connectivity index is 1.47. The fourth-order valence-corrected chi connectivity index (χ4v) is 3.49. The predicted octanol–water partition coefficient (Wildman–Crippen LogP) is 2.52. The van der Waals surface area contributed by atoms with Crippen LogP contribution in [0.25, 0.3) is 10.9 Å². The molecule has 5 heteroatoms. The number of fused-ring (bicyclic) bond motifs is 1. The lowest BCUT2D eigenvalue weighted by Crippen LogP contribution is -2.48. The standard InChI is InChI=1S/C19H25N3O2/c1-13-6-2-4-8-16(13)22-19(24)18(23)20-11-10-14-12-21-17-9-5-3-7-15(14)17/h3,5,7,9,12-13,16,21H,2,4,6,8,10-11H2,1H3,(H,20,23)(H,22,24). The summed E-state index contributed by atoms with van der Waals surface area (Å²) in [6.07, 6.45) is 7.08. The van der Waals surface area contributed by atoms with E-state index in [1.54, 1.807) is 0 Å². The molecule has 0 spiro atoms. The maximum absolute atomic E-state index is 12.0. The zero-order chi connectivity index (χ0) is 16.9. The molecule has 1 saturated carbocycles. The highest BCUT2D eigenvalue weighted by Crippen LogP contribution is 2.23. The Bertz CT molecular complexity index is 722. The lowest BCUT2D eigenvalue weighted by molar-refractivity contribution is -0.139. The summed E-state index contributed by atoms with van der Waals surface area (Å²) in [6.45, 7) is 2.59. The number of aromatic nitrogens is 1. The second kappa shape index (κ2) is 7.51. The van der Waals surface area contributed by atoms with Gasteiger partial charge in [0.15, 0.2) is 0 Å². The van der Waals surface area contributed by atoms with Crippen LogP contribution in [0.3, 0.4) is 0 Å². The minimum atomic E-state index is -0.535. The Kier molecular flexibility index (Phi) is 5.18. The molecule has 3 rings (SSSR count). The SMILES string of the molecule is CC1CCCCC1NC(=O)C(=O)NCCc1c[nH]c2ccccc12. The fourth-order valence-electron chi connectivity index (χ4n) is 3.49. The highest BCUT2D eigenvalue weighted by Gasteiger charge is 2.25. The third kappa shape index (κ3) is 3.78. The summed E-state index contributed by atoms with van der Waals surface area (Å²) in [5, 5.41) is 6.77. The number of para-hydroxylation sites is 1. The van der Waals surface area contributed by atoms with Crippen molar-refractivity contribution in [2.45, 2.75) is 45.1 Å². The fraction of sp³-hybridized carbons (Fsp3) is 0.474. The van der Waals surface area contributed by atoms with Gasteiger partial charge >= 0.3 is 11.8 Å². The number of hydrogen-bond acceptors (Lipinski definition) is 2. The molecule has 3 N–H and O–H groups in total. The normalized spacial score (nSPS) is 20.7. The van der Waals surface area contributed by atoms with Crippen LogP contribution in [0.15, 0.2) is 30.5 Å². The number of benzene rings is 1. The van der Waals surface area contributed by atoms with Gasteiger partial charge in [-0.25, -0.2) is 0 Å². The van der Waals surface area contributed by atoms with Crippen molar-refractivity contribution < 1.29 is 9.59 Å². The van der Waals surface area contributed by atoms with Crippen molar-refractivity contribution in [3.05, 3.63) is 36.0 Å². The Morgan fingerprint density at radius 2 is 1.96 bits per heavy atom. The summed E-state index contributed by atoms with van der Waals surface area (Å²) >= 11 is 0. The highest BCUT2D eigenvalue weighted by atomic mass is 16.2. The molecule has 1 heterocycles. The van der Waals surface area contributed by atoms with Crippen LogP contribution in [0, 0.1) is 5.92 Å². The van der Waals surface area contributed by atoms with Crippen LogP contribution >= 0.6 is 0 Å². The summed E-state index contributed by atoms with van der Waals surface area (Å²) in [7, 11) is 0. The molecule has 1 aromatic heterocycles. The maximum atomic E-state index is 12.0. The number of nitrogens with one attached hydrogen (secondary N) is 3. The second-order valence-electron chi connectivity index (χ2n) is 6.71. The number of H-pyrrole nitrogens is 1. The lowest BCUT2D eigenvalue weighted by Gasteiger charge is -2.29. The Morgan fingerprint density at radius 1 is 1.17 bits per heavy atom. The Hall–Kier alpha value is -2.30. The second-order valence-corrected chi connectivity index (χ2v) is 6.71. The van der Waals surface area contributed by atoms with E-state index in [2.05, 4.69) is 28.6 Å². The van der Waals surface area contributed by atoms with E-state index < -0.39 is 11.8 Å². The van der Waals surface area contributed by atoms with Gasteiger partial charge in [0.05, 0.1) is 0 Å². The molecule has 0 aliphatic heterocycles. The molecule has 0 radical (unpaired) electrons. The van der Waals surface area contributed by atoms with Gasteiger partial charge < -0.3 is 15.6 Å². The number of carbonyl (C=O) groups excluding carboxylic acids is 2. The molecule has 1 aliphatic carbocycles. The van der Waals surface area contributed by atoms with Crippen LogP contribution in [-0.2, 0) is 16.0 Å². The van der Waals surface area contributed by atoms with Crippen molar-refractivity contribution in [2.24, 2.45) is 5.92 Å². The van der Waals surface area contributed by atoms with E-state index >= 15 is 0 Å². The number of rotatable bonds is 4. The van der Waals surface area contributed by atoms with Crippen LogP contribution in [0.5, 0.6) is 0 Å². The molecular formula is C19H25N3O2. The molecule has 5 nitrogen and oxygen atoms in total. The zero-order valence-corrected chi connectivity index (χ0v) is 14.1. The van der Waals surface area contributed by atoms with Crippen molar-refractivity contribution in [1.82, 2.24) is 15.6 Å². The molecule has 2 amide bonds. The molecule has 1 fully saturated rings. The van der Waals surface area contributed by atoms with Gasteiger partial charge in [-0.05, 0) is 36.8 Å². The quantitative estimate of drug-likeness (QED) is 0.755. The minimum absolute atomic E-state index is 0.130. The van der Waals surface area contributed by atoms with Crippen molar-refractivity contribution in [3.8, 4) is 0 Å². The first-order valence-corrected chi connectivity index (χ1v) is 8.79. The average Bonchev–Trinajstić information content (AvgIpc) is 3.00. The molecule has 1 aliphatic rings. The van der Waals surface area contributed by atoms with Crippen molar-refractivity contribution in [3.63, 3.8) is 0 Å². The van der Waals surface area contributed by atoms with Gasteiger partial charge in [-0.2, -0.15) is 0 Å². The average molecular weight is 327 g/mol. The van der Waals surface area contributed by atoms with Crippen LogP contribution in [0.2, 0.25) is 0 Å². The predicted molar refractivity (Wildman–Crippen MR) is 94.6 cm³/mol. The molecule has 2 atom stereocenters. The Labute approximate surface area is 142 Å². The van der Waals surface area contributed by atoms with E-state index in [4.69, 9.17) is 0 Å². The first kappa shape index (κ1) is 16.6. The molecule has 2 aromatic rings.